The van der Waals surface area contributed by atoms with Gasteiger partial charge >= 0.3 is 0 Å². The maximum absolute atomic E-state index is 14.0. The van der Waals surface area contributed by atoms with Crippen LogP contribution in [-0.4, -0.2) is 35.4 Å². The molecule has 6 heteroatoms. The predicted molar refractivity (Wildman–Crippen MR) is 116 cm³/mol. The number of carbonyl (C=O) groups is 2. The average molecular weight is 425 g/mol. The minimum absolute atomic E-state index is 0.0291. The van der Waals surface area contributed by atoms with Gasteiger partial charge in [0, 0.05) is 19.0 Å². The molecule has 2 amide bonds. The topological polar surface area (TPSA) is 58.6 Å². The Balaban J connectivity index is 1.67. The number of nitrogens with one attached hydrogen (secondary N) is 1. The summed E-state index contributed by atoms with van der Waals surface area (Å²) in [5, 5.41) is 3.00. The van der Waals surface area contributed by atoms with Crippen LogP contribution in [0.4, 0.5) is 4.39 Å². The number of nitrogens with zero attached hydrogens (tertiary/aromatic N) is 1. The molecular weight excluding hydrogens is 395 g/mol. The van der Waals surface area contributed by atoms with Gasteiger partial charge in [-0.2, -0.15) is 0 Å². The minimum Gasteiger partial charge on any atom is -0.481 e. The molecule has 31 heavy (non-hydrogen) atoms. The summed E-state index contributed by atoms with van der Waals surface area (Å²) in [7, 11) is 0. The van der Waals surface area contributed by atoms with Crippen LogP contribution in [-0.2, 0) is 16.0 Å². The molecule has 2 aliphatic rings. The van der Waals surface area contributed by atoms with E-state index >= 15 is 0 Å². The molecular formula is C25H29FN2O3. The van der Waals surface area contributed by atoms with E-state index in [4.69, 9.17) is 4.74 Å². The molecule has 4 rings (SSSR count). The zero-order valence-electron chi connectivity index (χ0n) is 18.1. The maximum atomic E-state index is 14.0. The molecule has 2 aromatic carbocycles. The summed E-state index contributed by atoms with van der Waals surface area (Å²) < 4.78 is 20.1. The molecule has 2 aromatic rings. The Hall–Kier alpha value is -2.89. The molecule has 1 saturated carbocycles. The van der Waals surface area contributed by atoms with Crippen LogP contribution >= 0.6 is 0 Å². The second-order valence-corrected chi connectivity index (χ2v) is 8.31. The van der Waals surface area contributed by atoms with Gasteiger partial charge in [-0.25, -0.2) is 4.39 Å². The average Bonchev–Trinajstić information content (AvgIpc) is 3.59. The van der Waals surface area contributed by atoms with E-state index in [0.29, 0.717) is 25.1 Å². The fraction of sp³-hybridized carbons (Fsp3) is 0.440. The lowest BCUT2D eigenvalue weighted by Gasteiger charge is -2.38. The molecule has 0 unspecified atom stereocenters. The third-order valence-electron chi connectivity index (χ3n) is 6.00. The lowest BCUT2D eigenvalue weighted by atomic mass is 9.87. The fourth-order valence-electron chi connectivity index (χ4n) is 4.18. The van der Waals surface area contributed by atoms with E-state index in [1.807, 2.05) is 43.0 Å². The summed E-state index contributed by atoms with van der Waals surface area (Å²) >= 11 is 0. The molecule has 1 aliphatic heterocycles. The molecule has 0 saturated heterocycles. The van der Waals surface area contributed by atoms with Crippen LogP contribution < -0.4 is 10.1 Å². The number of benzene rings is 2. The van der Waals surface area contributed by atoms with Gasteiger partial charge in [0.1, 0.15) is 11.6 Å². The molecule has 1 heterocycles. The van der Waals surface area contributed by atoms with Gasteiger partial charge in [0.15, 0.2) is 6.10 Å². The summed E-state index contributed by atoms with van der Waals surface area (Å²) in [6.07, 6.45) is 3.16. The highest BCUT2D eigenvalue weighted by Crippen LogP contribution is 2.38. The number of fused-ring (bicyclic) bond motifs is 1. The van der Waals surface area contributed by atoms with Crippen molar-refractivity contribution in [1.82, 2.24) is 10.2 Å². The highest BCUT2D eigenvalue weighted by Gasteiger charge is 2.33. The van der Waals surface area contributed by atoms with E-state index < -0.39 is 6.10 Å². The summed E-state index contributed by atoms with van der Waals surface area (Å²) in [5.41, 5.74) is 2.77. The number of halogens is 1. The smallest absolute Gasteiger partial charge is 0.261 e. The molecule has 2 atom stereocenters. The second kappa shape index (κ2) is 9.08. The quantitative estimate of drug-likeness (QED) is 0.727. The largest absolute Gasteiger partial charge is 0.481 e. The summed E-state index contributed by atoms with van der Waals surface area (Å²) in [5.74, 6) is 0.195. The number of amides is 2. The first-order chi connectivity index (χ1) is 15.0. The Kier molecular flexibility index (Phi) is 6.25. The van der Waals surface area contributed by atoms with E-state index in [9.17, 15) is 14.0 Å². The molecule has 1 aliphatic carbocycles. The van der Waals surface area contributed by atoms with Gasteiger partial charge in [-0.15, -0.1) is 0 Å². The van der Waals surface area contributed by atoms with Gasteiger partial charge in [0.25, 0.3) is 5.91 Å². The number of hydrogen-bond acceptors (Lipinski definition) is 3. The van der Waals surface area contributed by atoms with Crippen LogP contribution in [0.15, 0.2) is 42.5 Å². The van der Waals surface area contributed by atoms with Crippen molar-refractivity contribution in [3.8, 4) is 5.75 Å². The van der Waals surface area contributed by atoms with Gasteiger partial charge < -0.3 is 15.0 Å². The van der Waals surface area contributed by atoms with E-state index in [-0.39, 0.29) is 29.7 Å². The molecule has 164 valence electrons. The number of hydrogen-bond donors (Lipinski definition) is 1. The third kappa shape index (κ3) is 4.73. The summed E-state index contributed by atoms with van der Waals surface area (Å²) in [4.78, 5) is 27.0. The molecule has 0 aromatic heterocycles. The molecule has 1 fully saturated rings. The van der Waals surface area contributed by atoms with Crippen LogP contribution in [0.3, 0.4) is 0 Å². The van der Waals surface area contributed by atoms with Gasteiger partial charge in [0.05, 0.1) is 6.04 Å². The van der Waals surface area contributed by atoms with Crippen molar-refractivity contribution >= 4 is 11.8 Å². The lowest BCUT2D eigenvalue weighted by Crippen LogP contribution is -2.40. The van der Waals surface area contributed by atoms with Crippen LogP contribution in [0.25, 0.3) is 0 Å². The zero-order chi connectivity index (χ0) is 22.0. The highest BCUT2D eigenvalue weighted by molar-refractivity contribution is 5.81. The second-order valence-electron chi connectivity index (χ2n) is 8.31. The predicted octanol–water partition coefficient (Wildman–Crippen LogP) is 4.15. The van der Waals surface area contributed by atoms with Crippen molar-refractivity contribution < 1.29 is 18.7 Å². The van der Waals surface area contributed by atoms with E-state index in [0.717, 1.165) is 36.0 Å². The molecule has 0 bridgehead atoms. The van der Waals surface area contributed by atoms with Crippen molar-refractivity contribution in [1.29, 1.82) is 0 Å². The summed E-state index contributed by atoms with van der Waals surface area (Å²) in [6.45, 7) is 4.35. The van der Waals surface area contributed by atoms with Gasteiger partial charge in [-0.1, -0.05) is 32.0 Å². The Morgan fingerprint density at radius 3 is 2.68 bits per heavy atom. The van der Waals surface area contributed by atoms with Gasteiger partial charge in [-0.05, 0) is 66.6 Å². The van der Waals surface area contributed by atoms with Crippen molar-refractivity contribution in [3.63, 3.8) is 0 Å². The Bertz CT molecular complexity index is 973. The van der Waals surface area contributed by atoms with E-state index in [1.165, 1.54) is 12.1 Å². The molecule has 1 N–H and O–H groups in total. The normalized spacial score (nSPS) is 18.8. The van der Waals surface area contributed by atoms with Crippen LogP contribution in [0, 0.1) is 5.82 Å². The highest BCUT2D eigenvalue weighted by atomic mass is 19.1. The van der Waals surface area contributed by atoms with Crippen LogP contribution in [0.1, 0.15) is 62.3 Å². The van der Waals surface area contributed by atoms with Gasteiger partial charge in [0.2, 0.25) is 5.91 Å². The fourth-order valence-corrected chi connectivity index (χ4v) is 4.18. The maximum Gasteiger partial charge on any atom is 0.261 e. The summed E-state index contributed by atoms with van der Waals surface area (Å²) in [6, 6.07) is 12.1. The van der Waals surface area contributed by atoms with Crippen molar-refractivity contribution in [3.05, 3.63) is 65.0 Å². The first-order valence-corrected chi connectivity index (χ1v) is 11.1. The van der Waals surface area contributed by atoms with Crippen molar-refractivity contribution in [2.45, 2.75) is 64.1 Å². The standard InChI is InChI=1S/C25H29FN2O3/c1-3-22(25(30)27-19-9-10-19)31-20-11-8-16-12-13-28(23(29)4-2)24(21(16)15-20)17-6-5-7-18(26)14-17/h5-8,11,14-15,19,22,24H,3-4,9-10,12-13H2,1-2H3,(H,27,30)/t22-,24+/m1/s1. The molecule has 5 nitrogen and oxygen atoms in total. The number of ether oxygens (including phenoxy) is 1. The first-order valence-electron chi connectivity index (χ1n) is 11.1. The number of carbonyl (C=O) groups excluding carboxylic acids is 2. The van der Waals surface area contributed by atoms with E-state index in [2.05, 4.69) is 5.32 Å². The van der Waals surface area contributed by atoms with Crippen molar-refractivity contribution in [2.24, 2.45) is 0 Å². The zero-order valence-corrected chi connectivity index (χ0v) is 18.1. The van der Waals surface area contributed by atoms with Gasteiger partial charge in [-0.3, -0.25) is 9.59 Å². The molecule has 0 spiro atoms. The third-order valence-corrected chi connectivity index (χ3v) is 6.00. The Morgan fingerprint density at radius 2 is 2.00 bits per heavy atom. The minimum atomic E-state index is -0.566. The monoisotopic (exact) mass is 424 g/mol. The first kappa shape index (κ1) is 21.3. The SMILES string of the molecule is CCC(=O)N1CCc2ccc(O[C@H](CC)C(=O)NC3CC3)cc2[C@@H]1c1cccc(F)c1. The van der Waals surface area contributed by atoms with Crippen LogP contribution in [0.2, 0.25) is 0 Å². The Morgan fingerprint density at radius 1 is 1.19 bits per heavy atom. The van der Waals surface area contributed by atoms with Crippen LogP contribution in [0.5, 0.6) is 5.75 Å². The lowest BCUT2D eigenvalue weighted by molar-refractivity contribution is -0.133. The number of rotatable bonds is 7. The molecule has 0 radical (unpaired) electrons. The van der Waals surface area contributed by atoms with E-state index in [1.54, 1.807) is 6.07 Å². The Labute approximate surface area is 182 Å². The van der Waals surface area contributed by atoms with Crippen molar-refractivity contribution in [2.75, 3.05) is 6.54 Å².